The van der Waals surface area contributed by atoms with Crippen molar-refractivity contribution in [3.8, 4) is 0 Å². The van der Waals surface area contributed by atoms with E-state index in [0.717, 1.165) is 10.4 Å². The van der Waals surface area contributed by atoms with E-state index in [0.29, 0.717) is 16.4 Å². The zero-order valence-electron chi connectivity index (χ0n) is 8.39. The largest absolute Gasteiger partial charge is 0.397 e. The average Bonchev–Trinajstić information content (AvgIpc) is 2.27. The van der Waals surface area contributed by atoms with Gasteiger partial charge >= 0.3 is 0 Å². The summed E-state index contributed by atoms with van der Waals surface area (Å²) in [5.74, 6) is 0. The number of nitrogens with one attached hydrogen (secondary N) is 1. The van der Waals surface area contributed by atoms with Crippen molar-refractivity contribution in [1.29, 1.82) is 0 Å². The first-order valence-corrected chi connectivity index (χ1v) is 5.05. The van der Waals surface area contributed by atoms with Crippen LogP contribution in [0.15, 0.2) is 42.7 Å². The summed E-state index contributed by atoms with van der Waals surface area (Å²) in [6.45, 7) is 0. The van der Waals surface area contributed by atoms with Crippen LogP contribution < -0.4 is 15.8 Å². The standard InChI is InChI=1S/C11H10ClN3O/c12-8-1-3-9(4-2-8)14-11-7-15(16)6-5-10(11)13/h1-7,13-14,16H/p+1. The highest BCUT2D eigenvalue weighted by Crippen LogP contribution is 2.21. The van der Waals surface area contributed by atoms with Gasteiger partial charge < -0.3 is 11.1 Å². The molecule has 0 amide bonds. The maximum absolute atomic E-state index is 9.26. The molecule has 2 rings (SSSR count). The van der Waals surface area contributed by atoms with Crippen LogP contribution in [0.4, 0.5) is 17.1 Å². The van der Waals surface area contributed by atoms with Crippen LogP contribution in [0.2, 0.25) is 5.02 Å². The second-order valence-corrected chi connectivity index (χ2v) is 3.76. The molecule has 4 N–H and O–H groups in total. The molecule has 82 valence electrons. The first-order chi connectivity index (χ1) is 7.65. The molecule has 0 bridgehead atoms. The van der Waals surface area contributed by atoms with Crippen LogP contribution in [-0.4, -0.2) is 5.21 Å². The summed E-state index contributed by atoms with van der Waals surface area (Å²) in [6.07, 6.45) is 2.95. The van der Waals surface area contributed by atoms with Gasteiger partial charge in [0.15, 0.2) is 0 Å². The lowest BCUT2D eigenvalue weighted by molar-refractivity contribution is -0.904. The Morgan fingerprint density at radius 2 is 1.88 bits per heavy atom. The van der Waals surface area contributed by atoms with Crippen molar-refractivity contribution in [1.82, 2.24) is 0 Å². The minimum Gasteiger partial charge on any atom is -0.397 e. The van der Waals surface area contributed by atoms with Crippen LogP contribution >= 0.6 is 11.6 Å². The van der Waals surface area contributed by atoms with Crippen LogP contribution in [0.3, 0.4) is 0 Å². The molecule has 0 aliphatic rings. The number of nitrogen functional groups attached to an aromatic ring is 1. The van der Waals surface area contributed by atoms with E-state index < -0.39 is 0 Å². The van der Waals surface area contributed by atoms with Crippen LogP contribution in [0, 0.1) is 0 Å². The van der Waals surface area contributed by atoms with E-state index in [9.17, 15) is 5.21 Å². The summed E-state index contributed by atoms with van der Waals surface area (Å²) in [6, 6.07) is 8.82. The second-order valence-electron chi connectivity index (χ2n) is 3.33. The number of nitrogens with zero attached hydrogens (tertiary/aromatic N) is 1. The van der Waals surface area contributed by atoms with Crippen LogP contribution in [0.25, 0.3) is 0 Å². The summed E-state index contributed by atoms with van der Waals surface area (Å²) in [4.78, 5) is 0. The number of benzene rings is 1. The topological polar surface area (TPSA) is 62.2 Å². The van der Waals surface area contributed by atoms with Gasteiger partial charge in [-0.2, -0.15) is 0 Å². The third-order valence-corrected chi connectivity index (χ3v) is 2.35. The molecule has 0 fully saturated rings. The van der Waals surface area contributed by atoms with Gasteiger partial charge in [-0.25, -0.2) is 0 Å². The molecule has 4 nitrogen and oxygen atoms in total. The van der Waals surface area contributed by atoms with E-state index >= 15 is 0 Å². The van der Waals surface area contributed by atoms with Crippen molar-refractivity contribution in [2.75, 3.05) is 11.1 Å². The lowest BCUT2D eigenvalue weighted by atomic mass is 10.3. The highest BCUT2D eigenvalue weighted by Gasteiger charge is 2.06. The maximum atomic E-state index is 9.26. The summed E-state index contributed by atoms with van der Waals surface area (Å²) in [5, 5.41) is 13.0. The molecule has 1 aromatic heterocycles. The van der Waals surface area contributed by atoms with Crippen LogP contribution in [-0.2, 0) is 0 Å². The van der Waals surface area contributed by atoms with Gasteiger partial charge in [-0.1, -0.05) is 11.6 Å². The van der Waals surface area contributed by atoms with Crippen molar-refractivity contribution in [2.45, 2.75) is 0 Å². The molecule has 1 aromatic carbocycles. The van der Waals surface area contributed by atoms with Gasteiger partial charge in [0.25, 0.3) is 0 Å². The Kier molecular flexibility index (Phi) is 2.83. The highest BCUT2D eigenvalue weighted by atomic mass is 35.5. The van der Waals surface area contributed by atoms with E-state index in [4.69, 9.17) is 17.3 Å². The van der Waals surface area contributed by atoms with E-state index in [-0.39, 0.29) is 0 Å². The second kappa shape index (κ2) is 4.28. The van der Waals surface area contributed by atoms with Gasteiger partial charge in [0.1, 0.15) is 5.69 Å². The molecule has 1 heterocycles. The number of hydrogen-bond acceptors (Lipinski definition) is 3. The van der Waals surface area contributed by atoms with Crippen molar-refractivity contribution in [2.24, 2.45) is 0 Å². The van der Waals surface area contributed by atoms with Gasteiger partial charge in [-0.05, 0) is 24.3 Å². The number of anilines is 3. The Morgan fingerprint density at radius 1 is 1.19 bits per heavy atom. The predicted octanol–water partition coefficient (Wildman–Crippen LogP) is 2.19. The van der Waals surface area contributed by atoms with Gasteiger partial charge in [0.2, 0.25) is 12.4 Å². The number of pyridine rings is 1. The first-order valence-electron chi connectivity index (χ1n) is 4.68. The Hall–Kier alpha value is -1.94. The maximum Gasteiger partial charge on any atom is 0.247 e. The molecule has 2 aromatic rings. The molecule has 0 atom stereocenters. The van der Waals surface area contributed by atoms with Crippen LogP contribution in [0.1, 0.15) is 0 Å². The minimum absolute atomic E-state index is 0.556. The molecule has 0 aliphatic heterocycles. The van der Waals surface area contributed by atoms with Gasteiger partial charge in [-0.15, -0.1) is 0 Å². The Morgan fingerprint density at radius 3 is 2.56 bits per heavy atom. The van der Waals surface area contributed by atoms with Gasteiger partial charge in [0.05, 0.1) is 5.69 Å². The molecular weight excluding hydrogens is 226 g/mol. The smallest absolute Gasteiger partial charge is 0.247 e. The quantitative estimate of drug-likeness (QED) is 0.553. The van der Waals surface area contributed by atoms with E-state index in [2.05, 4.69) is 5.32 Å². The Bertz CT molecular complexity index is 499. The molecule has 0 saturated carbocycles. The van der Waals surface area contributed by atoms with E-state index in [1.54, 1.807) is 18.2 Å². The molecule has 16 heavy (non-hydrogen) atoms. The number of halogens is 1. The number of hydrogen-bond donors (Lipinski definition) is 3. The molecule has 0 saturated heterocycles. The molecule has 0 unspecified atom stereocenters. The number of nitrogens with two attached hydrogens (primary N) is 1. The summed E-state index contributed by atoms with van der Waals surface area (Å²) in [7, 11) is 0. The monoisotopic (exact) mass is 236 g/mol. The average molecular weight is 237 g/mol. The fourth-order valence-corrected chi connectivity index (χ4v) is 1.42. The Labute approximate surface area is 97.9 Å². The fourth-order valence-electron chi connectivity index (χ4n) is 1.29. The summed E-state index contributed by atoms with van der Waals surface area (Å²) in [5.41, 5.74) is 7.79. The summed E-state index contributed by atoms with van der Waals surface area (Å²) >= 11 is 5.77. The van der Waals surface area contributed by atoms with E-state index in [1.807, 2.05) is 12.1 Å². The zero-order chi connectivity index (χ0) is 11.5. The lowest BCUT2D eigenvalue weighted by Gasteiger charge is -2.06. The fraction of sp³-hybridized carbons (Fsp3) is 0. The normalized spacial score (nSPS) is 10.1. The molecule has 0 spiro atoms. The lowest BCUT2D eigenvalue weighted by Crippen LogP contribution is -2.29. The van der Waals surface area contributed by atoms with Crippen LogP contribution in [0.5, 0.6) is 0 Å². The molecular formula is C11H11ClN3O+. The molecule has 0 aliphatic carbocycles. The third kappa shape index (κ3) is 2.35. The molecule has 0 radical (unpaired) electrons. The number of aromatic nitrogens is 1. The Balaban J connectivity index is 2.26. The molecule has 5 heteroatoms. The SMILES string of the molecule is Nc1cc[n+](O)cc1Nc1ccc(Cl)cc1. The minimum atomic E-state index is 0.556. The third-order valence-electron chi connectivity index (χ3n) is 2.10. The summed E-state index contributed by atoms with van der Waals surface area (Å²) < 4.78 is 0.939. The van der Waals surface area contributed by atoms with Gasteiger partial charge in [-0.3, -0.25) is 5.21 Å². The zero-order valence-corrected chi connectivity index (χ0v) is 9.15. The van der Waals surface area contributed by atoms with E-state index in [1.165, 1.54) is 12.4 Å². The highest BCUT2D eigenvalue weighted by molar-refractivity contribution is 6.30. The predicted molar refractivity (Wildman–Crippen MR) is 63.0 cm³/mol. The van der Waals surface area contributed by atoms with Crippen molar-refractivity contribution in [3.05, 3.63) is 47.7 Å². The first kappa shape index (κ1) is 10.6. The van der Waals surface area contributed by atoms with Crippen molar-refractivity contribution >= 4 is 28.7 Å². The van der Waals surface area contributed by atoms with Gasteiger partial charge in [0, 0.05) is 21.5 Å². The number of rotatable bonds is 2. The van der Waals surface area contributed by atoms with Crippen molar-refractivity contribution < 1.29 is 9.94 Å². The van der Waals surface area contributed by atoms with Crippen molar-refractivity contribution in [3.63, 3.8) is 0 Å².